The number of benzene rings is 3. The molecule has 0 spiro atoms. The number of amides is 3. The van der Waals surface area contributed by atoms with Crippen LogP contribution in [0.4, 0.5) is 10.5 Å². The van der Waals surface area contributed by atoms with E-state index in [9.17, 15) is 9.59 Å². The summed E-state index contributed by atoms with van der Waals surface area (Å²) in [5.74, 6) is 0.199. The molecule has 2 heterocycles. The maximum absolute atomic E-state index is 12.9. The topological polar surface area (TPSA) is 64.7 Å². The number of anilines is 1. The molecular weight excluding hydrogens is 460 g/mol. The van der Waals surface area contributed by atoms with E-state index in [0.29, 0.717) is 18.7 Å². The lowest BCUT2D eigenvalue weighted by molar-refractivity contribution is 0.0951. The van der Waals surface area contributed by atoms with Gasteiger partial charge in [-0.15, -0.1) is 0 Å². The van der Waals surface area contributed by atoms with Gasteiger partial charge in [-0.1, -0.05) is 54.6 Å². The zero-order chi connectivity index (χ0) is 25.5. The third kappa shape index (κ3) is 6.57. The Balaban J connectivity index is 1.10. The van der Waals surface area contributed by atoms with Crippen LogP contribution < -0.4 is 10.6 Å². The fourth-order valence-electron chi connectivity index (χ4n) is 5.44. The number of carbonyl (C=O) groups excluding carboxylic acids is 2. The minimum Gasteiger partial charge on any atom is -0.352 e. The highest BCUT2D eigenvalue weighted by Gasteiger charge is 2.25. The van der Waals surface area contributed by atoms with Gasteiger partial charge in [0.25, 0.3) is 5.91 Å². The van der Waals surface area contributed by atoms with Crippen LogP contribution in [0.2, 0.25) is 0 Å². The molecule has 5 rings (SSSR count). The van der Waals surface area contributed by atoms with E-state index in [4.69, 9.17) is 0 Å². The number of rotatable bonds is 7. The highest BCUT2D eigenvalue weighted by Crippen LogP contribution is 2.28. The molecule has 1 unspecified atom stereocenters. The van der Waals surface area contributed by atoms with Crippen molar-refractivity contribution >= 4 is 17.6 Å². The van der Waals surface area contributed by atoms with Crippen LogP contribution in [0.5, 0.6) is 0 Å². The van der Waals surface area contributed by atoms with Gasteiger partial charge < -0.3 is 15.5 Å². The van der Waals surface area contributed by atoms with E-state index in [0.717, 1.165) is 63.1 Å². The van der Waals surface area contributed by atoms with Gasteiger partial charge in [-0.3, -0.25) is 9.69 Å². The number of nitrogens with zero attached hydrogens (tertiary/aromatic N) is 2. The van der Waals surface area contributed by atoms with Crippen molar-refractivity contribution in [2.75, 3.05) is 38.0 Å². The van der Waals surface area contributed by atoms with E-state index in [1.165, 1.54) is 11.1 Å². The summed E-state index contributed by atoms with van der Waals surface area (Å²) < 4.78 is 0. The zero-order valence-electron chi connectivity index (χ0n) is 21.4. The van der Waals surface area contributed by atoms with Crippen LogP contribution in [0.3, 0.4) is 0 Å². The smallest absolute Gasteiger partial charge is 0.321 e. The van der Waals surface area contributed by atoms with Crippen LogP contribution in [0.25, 0.3) is 0 Å². The standard InChI is InChI=1S/C31H36N4O2/c36-30(32-17-8-18-34-20-16-24-9-4-5-10-27(24)22-34)26-12-6-11-25(21-26)28-13-7-19-35(23-28)31(37)33-29-14-2-1-3-15-29/h1-6,9-12,14-15,21,28H,7-8,13,16-20,22-23H2,(H,32,36)(H,33,37). The molecule has 0 bridgehead atoms. The minimum absolute atomic E-state index is 0.0275. The van der Waals surface area contributed by atoms with Gasteiger partial charge in [0.2, 0.25) is 0 Å². The molecule has 37 heavy (non-hydrogen) atoms. The molecule has 0 aliphatic carbocycles. The van der Waals surface area contributed by atoms with Gasteiger partial charge in [-0.05, 0) is 66.6 Å². The lowest BCUT2D eigenvalue weighted by Gasteiger charge is -2.33. The molecule has 2 aliphatic rings. The first-order chi connectivity index (χ1) is 18.2. The average Bonchev–Trinajstić information content (AvgIpc) is 2.96. The number of urea groups is 1. The van der Waals surface area contributed by atoms with E-state index >= 15 is 0 Å². The molecule has 3 amide bonds. The molecule has 1 atom stereocenters. The summed E-state index contributed by atoms with van der Waals surface area (Å²) in [7, 11) is 0. The molecule has 0 aromatic heterocycles. The monoisotopic (exact) mass is 496 g/mol. The van der Waals surface area contributed by atoms with E-state index in [2.05, 4.69) is 45.9 Å². The van der Waals surface area contributed by atoms with Gasteiger partial charge in [0.15, 0.2) is 0 Å². The van der Waals surface area contributed by atoms with Crippen molar-refractivity contribution in [1.29, 1.82) is 0 Å². The van der Waals surface area contributed by atoms with E-state index in [1.54, 1.807) is 0 Å². The number of hydrogen-bond acceptors (Lipinski definition) is 3. The normalized spacial score (nSPS) is 17.6. The summed E-state index contributed by atoms with van der Waals surface area (Å²) in [6, 6.07) is 26.1. The predicted octanol–water partition coefficient (Wildman–Crippen LogP) is 5.28. The Labute approximate surface area is 219 Å². The van der Waals surface area contributed by atoms with Crippen molar-refractivity contribution in [3.63, 3.8) is 0 Å². The summed E-state index contributed by atoms with van der Waals surface area (Å²) in [6.07, 6.45) is 3.99. The Morgan fingerprint density at radius 2 is 1.70 bits per heavy atom. The van der Waals surface area contributed by atoms with Crippen molar-refractivity contribution in [1.82, 2.24) is 15.1 Å². The number of nitrogens with one attached hydrogen (secondary N) is 2. The molecular formula is C31H36N4O2. The predicted molar refractivity (Wildman–Crippen MR) is 148 cm³/mol. The first-order valence-electron chi connectivity index (χ1n) is 13.4. The molecule has 3 aromatic carbocycles. The molecule has 0 radical (unpaired) electrons. The van der Waals surface area contributed by atoms with Gasteiger partial charge in [0, 0.05) is 56.4 Å². The Hall–Kier alpha value is -3.64. The first kappa shape index (κ1) is 25.0. The molecule has 1 saturated heterocycles. The highest BCUT2D eigenvalue weighted by molar-refractivity contribution is 5.94. The quantitative estimate of drug-likeness (QED) is 0.438. The van der Waals surface area contributed by atoms with Crippen LogP contribution in [0, 0.1) is 0 Å². The van der Waals surface area contributed by atoms with Crippen molar-refractivity contribution < 1.29 is 9.59 Å². The van der Waals surface area contributed by atoms with Gasteiger partial charge >= 0.3 is 6.03 Å². The van der Waals surface area contributed by atoms with Crippen molar-refractivity contribution in [3.8, 4) is 0 Å². The fourth-order valence-corrected chi connectivity index (χ4v) is 5.44. The minimum atomic E-state index is -0.0676. The van der Waals surface area contributed by atoms with Crippen LogP contribution in [-0.4, -0.2) is 54.5 Å². The maximum Gasteiger partial charge on any atom is 0.321 e. The molecule has 6 heteroatoms. The number of likely N-dealkylation sites (tertiary alicyclic amines) is 1. The molecule has 1 fully saturated rings. The average molecular weight is 497 g/mol. The number of para-hydroxylation sites is 1. The lowest BCUT2D eigenvalue weighted by Crippen LogP contribution is -2.41. The van der Waals surface area contributed by atoms with E-state index in [-0.39, 0.29) is 17.9 Å². The summed E-state index contributed by atoms with van der Waals surface area (Å²) in [4.78, 5) is 30.0. The van der Waals surface area contributed by atoms with Crippen LogP contribution in [-0.2, 0) is 13.0 Å². The second-order valence-electron chi connectivity index (χ2n) is 10.1. The third-order valence-electron chi connectivity index (χ3n) is 7.50. The van der Waals surface area contributed by atoms with E-state index in [1.807, 2.05) is 53.4 Å². The number of hydrogen-bond donors (Lipinski definition) is 2. The van der Waals surface area contributed by atoms with Crippen molar-refractivity contribution in [2.45, 2.75) is 38.1 Å². The molecule has 2 aliphatic heterocycles. The first-order valence-corrected chi connectivity index (χ1v) is 13.4. The highest BCUT2D eigenvalue weighted by atomic mass is 16.2. The number of piperidine rings is 1. The molecule has 192 valence electrons. The Kier molecular flexibility index (Phi) is 8.16. The lowest BCUT2D eigenvalue weighted by atomic mass is 9.89. The second kappa shape index (κ2) is 12.1. The Morgan fingerprint density at radius 1 is 0.892 bits per heavy atom. The third-order valence-corrected chi connectivity index (χ3v) is 7.50. The van der Waals surface area contributed by atoms with Gasteiger partial charge in [0.05, 0.1) is 0 Å². The largest absolute Gasteiger partial charge is 0.352 e. The molecule has 0 saturated carbocycles. The molecule has 2 N–H and O–H groups in total. The van der Waals surface area contributed by atoms with Crippen molar-refractivity contribution in [2.24, 2.45) is 0 Å². The van der Waals surface area contributed by atoms with E-state index < -0.39 is 0 Å². The van der Waals surface area contributed by atoms with Crippen molar-refractivity contribution in [3.05, 3.63) is 101 Å². The number of carbonyl (C=O) groups is 2. The SMILES string of the molecule is O=C(NCCCN1CCc2ccccc2C1)c1cccc(C2CCCN(C(=O)Nc3ccccc3)C2)c1. The number of fused-ring (bicyclic) bond motifs is 1. The summed E-state index contributed by atoms with van der Waals surface area (Å²) >= 11 is 0. The molecule has 6 nitrogen and oxygen atoms in total. The second-order valence-corrected chi connectivity index (χ2v) is 10.1. The summed E-state index contributed by atoms with van der Waals surface area (Å²) in [5.41, 5.74) is 5.50. The molecule has 3 aromatic rings. The van der Waals surface area contributed by atoms with Crippen LogP contribution in [0.15, 0.2) is 78.9 Å². The fraction of sp³-hybridized carbons (Fsp3) is 0.355. The zero-order valence-corrected chi connectivity index (χ0v) is 21.4. The summed E-state index contributed by atoms with van der Waals surface area (Å²) in [6.45, 7) is 5.12. The van der Waals surface area contributed by atoms with Crippen LogP contribution >= 0.6 is 0 Å². The van der Waals surface area contributed by atoms with Crippen LogP contribution in [0.1, 0.15) is 52.2 Å². The van der Waals surface area contributed by atoms with Gasteiger partial charge in [-0.2, -0.15) is 0 Å². The van der Waals surface area contributed by atoms with Gasteiger partial charge in [0.1, 0.15) is 0 Å². The van der Waals surface area contributed by atoms with Gasteiger partial charge in [-0.25, -0.2) is 4.79 Å². The maximum atomic E-state index is 12.9. The Bertz CT molecular complexity index is 1210. The summed E-state index contributed by atoms with van der Waals surface area (Å²) in [5, 5.41) is 6.09. The Morgan fingerprint density at radius 3 is 2.57 bits per heavy atom.